The number of nitrogen functional groups attached to an aromatic ring is 2. The average Bonchev–Trinajstić information content (AvgIpc) is 2.64. The summed E-state index contributed by atoms with van der Waals surface area (Å²) in [6, 6.07) is 16.9. The van der Waals surface area contributed by atoms with Gasteiger partial charge in [-0.1, -0.05) is 45.9 Å². The minimum atomic E-state index is 0.805. The molecular formula is C20H14N2S2. The number of benzene rings is 4. The molecule has 1 aliphatic heterocycles. The summed E-state index contributed by atoms with van der Waals surface area (Å²) in [4.78, 5) is 1.24. The quantitative estimate of drug-likeness (QED) is 0.176. The molecule has 0 aromatic heterocycles. The highest BCUT2D eigenvalue weighted by molar-refractivity contribution is 8.78. The molecule has 4 N–H and O–H groups in total. The first-order valence-corrected chi connectivity index (χ1v) is 9.91. The summed E-state index contributed by atoms with van der Waals surface area (Å²) in [6.45, 7) is 0. The number of hydrogen-bond donors (Lipinski definition) is 2. The van der Waals surface area contributed by atoms with Crippen molar-refractivity contribution in [1.82, 2.24) is 0 Å². The highest BCUT2D eigenvalue weighted by Gasteiger charge is 2.15. The number of nitrogens with two attached hydrogens (primary N) is 2. The molecule has 116 valence electrons. The summed E-state index contributed by atoms with van der Waals surface area (Å²) in [5.74, 6) is 0. The Bertz CT molecular complexity index is 1180. The lowest BCUT2D eigenvalue weighted by atomic mass is 9.95. The molecule has 1 aliphatic rings. The van der Waals surface area contributed by atoms with Crippen LogP contribution in [0, 0.1) is 0 Å². The molecule has 4 aromatic rings. The van der Waals surface area contributed by atoms with E-state index in [1.165, 1.54) is 21.2 Å². The topological polar surface area (TPSA) is 52.0 Å². The minimum absolute atomic E-state index is 0.805. The Morgan fingerprint density at radius 2 is 1.29 bits per heavy atom. The van der Waals surface area contributed by atoms with Gasteiger partial charge in [0.25, 0.3) is 0 Å². The Morgan fingerprint density at radius 3 is 1.96 bits per heavy atom. The van der Waals surface area contributed by atoms with Crippen molar-refractivity contribution in [1.29, 1.82) is 0 Å². The maximum Gasteiger partial charge on any atom is 0.0475 e. The van der Waals surface area contributed by atoms with Gasteiger partial charge in [0.1, 0.15) is 0 Å². The summed E-state index contributed by atoms with van der Waals surface area (Å²) in [7, 11) is 3.49. The molecule has 0 radical (unpaired) electrons. The van der Waals surface area contributed by atoms with Crippen molar-refractivity contribution >= 4 is 71.4 Å². The van der Waals surface area contributed by atoms with E-state index in [1.807, 2.05) is 12.1 Å². The number of fused-ring (bicyclic) bond motifs is 4. The first-order chi connectivity index (χ1) is 11.7. The third kappa shape index (κ3) is 1.93. The van der Waals surface area contributed by atoms with Crippen LogP contribution in [0.25, 0.3) is 38.4 Å². The van der Waals surface area contributed by atoms with E-state index in [1.54, 1.807) is 21.6 Å². The van der Waals surface area contributed by atoms with Crippen LogP contribution in [0.15, 0.2) is 58.8 Å². The van der Waals surface area contributed by atoms with E-state index in [0.29, 0.717) is 0 Å². The fourth-order valence-electron chi connectivity index (χ4n) is 3.40. The summed E-state index contributed by atoms with van der Waals surface area (Å²) in [5, 5.41) is 8.60. The van der Waals surface area contributed by atoms with Crippen LogP contribution in [0.1, 0.15) is 5.56 Å². The molecule has 0 bridgehead atoms. The number of rotatable bonds is 0. The molecule has 0 aliphatic carbocycles. The van der Waals surface area contributed by atoms with Gasteiger partial charge >= 0.3 is 0 Å². The molecule has 4 heteroatoms. The van der Waals surface area contributed by atoms with Crippen molar-refractivity contribution in [2.45, 2.75) is 4.90 Å². The molecule has 0 saturated heterocycles. The van der Waals surface area contributed by atoms with Crippen LogP contribution in [0.5, 0.6) is 0 Å². The summed E-state index contributed by atoms with van der Waals surface area (Å²) in [5.41, 5.74) is 15.9. The molecule has 1 heterocycles. The summed E-state index contributed by atoms with van der Waals surface area (Å²) < 4.78 is 0. The Kier molecular flexibility index (Phi) is 2.99. The van der Waals surface area contributed by atoms with E-state index in [2.05, 4.69) is 47.9 Å². The molecule has 0 fully saturated rings. The summed E-state index contributed by atoms with van der Waals surface area (Å²) in [6.07, 6.45) is 2.14. The van der Waals surface area contributed by atoms with Crippen molar-refractivity contribution in [2.75, 3.05) is 11.5 Å². The molecule has 0 amide bonds. The van der Waals surface area contributed by atoms with Crippen LogP contribution in [-0.2, 0) is 0 Å². The van der Waals surface area contributed by atoms with Gasteiger partial charge in [-0.3, -0.25) is 0 Å². The monoisotopic (exact) mass is 346 g/mol. The Hall–Kier alpha value is -2.30. The Morgan fingerprint density at radius 1 is 0.708 bits per heavy atom. The van der Waals surface area contributed by atoms with E-state index < -0.39 is 0 Å². The average molecular weight is 346 g/mol. The van der Waals surface area contributed by atoms with Gasteiger partial charge in [0, 0.05) is 37.8 Å². The predicted molar refractivity (Wildman–Crippen MR) is 110 cm³/mol. The van der Waals surface area contributed by atoms with Crippen LogP contribution < -0.4 is 11.5 Å². The molecule has 2 nitrogen and oxygen atoms in total. The van der Waals surface area contributed by atoms with Crippen LogP contribution in [0.4, 0.5) is 11.4 Å². The van der Waals surface area contributed by atoms with E-state index >= 15 is 0 Å². The molecule has 0 saturated carbocycles. The van der Waals surface area contributed by atoms with Crippen molar-refractivity contribution in [3.05, 3.63) is 59.5 Å². The van der Waals surface area contributed by atoms with Crippen molar-refractivity contribution in [3.63, 3.8) is 0 Å². The first kappa shape index (κ1) is 14.1. The van der Waals surface area contributed by atoms with E-state index in [-0.39, 0.29) is 0 Å². The lowest BCUT2D eigenvalue weighted by molar-refractivity contribution is 1.48. The smallest absolute Gasteiger partial charge is 0.0475 e. The van der Waals surface area contributed by atoms with Gasteiger partial charge < -0.3 is 11.5 Å². The van der Waals surface area contributed by atoms with Gasteiger partial charge in [0.05, 0.1) is 0 Å². The third-order valence-electron chi connectivity index (χ3n) is 4.64. The van der Waals surface area contributed by atoms with Crippen molar-refractivity contribution in [2.24, 2.45) is 0 Å². The molecule has 0 unspecified atom stereocenters. The largest absolute Gasteiger partial charge is 0.398 e. The normalized spacial score (nSPS) is 13.7. The van der Waals surface area contributed by atoms with Crippen LogP contribution in [0.3, 0.4) is 0 Å². The Labute approximate surface area is 147 Å². The SMILES string of the molecule is Nc1c2cc3c(cc2c(N)c2cc4ccccc4cc12)SSC=C3. The lowest BCUT2D eigenvalue weighted by Gasteiger charge is -2.16. The van der Waals surface area contributed by atoms with Gasteiger partial charge in [-0.15, -0.1) is 0 Å². The fraction of sp³-hybridized carbons (Fsp3) is 0. The third-order valence-corrected chi connectivity index (χ3v) is 6.67. The molecule has 0 spiro atoms. The van der Waals surface area contributed by atoms with Crippen LogP contribution in [-0.4, -0.2) is 0 Å². The second-order valence-corrected chi connectivity index (χ2v) is 8.14. The predicted octanol–water partition coefficient (Wildman–Crippen LogP) is 6.04. The van der Waals surface area contributed by atoms with Crippen molar-refractivity contribution < 1.29 is 0 Å². The van der Waals surface area contributed by atoms with Gasteiger partial charge in [-0.25, -0.2) is 0 Å². The number of hydrogen-bond acceptors (Lipinski definition) is 4. The highest BCUT2D eigenvalue weighted by Crippen LogP contribution is 2.45. The zero-order valence-electron chi connectivity index (χ0n) is 12.7. The molecular weight excluding hydrogens is 332 g/mol. The standard InChI is InChI=1S/C20H14N2S2/c21-19-14-7-11-3-1-2-4-12(11)8-15(14)20(22)17-10-18-13(9-16(17)19)5-6-23-24-18/h1-10H,21-22H2. The van der Waals surface area contributed by atoms with Crippen LogP contribution >= 0.6 is 21.6 Å². The maximum atomic E-state index is 6.56. The zero-order chi connectivity index (χ0) is 16.3. The maximum absolute atomic E-state index is 6.56. The Balaban J connectivity index is 1.98. The van der Waals surface area contributed by atoms with Gasteiger partial charge in [-0.05, 0) is 52.1 Å². The fourth-order valence-corrected chi connectivity index (χ4v) is 5.23. The number of anilines is 2. The van der Waals surface area contributed by atoms with Gasteiger partial charge in [0.15, 0.2) is 0 Å². The molecule has 24 heavy (non-hydrogen) atoms. The second-order valence-electron chi connectivity index (χ2n) is 5.99. The molecule has 0 atom stereocenters. The van der Waals surface area contributed by atoms with Crippen LogP contribution in [0.2, 0.25) is 0 Å². The summed E-state index contributed by atoms with van der Waals surface area (Å²) >= 11 is 0. The first-order valence-electron chi connectivity index (χ1n) is 7.69. The van der Waals surface area contributed by atoms with Crippen molar-refractivity contribution in [3.8, 4) is 0 Å². The minimum Gasteiger partial charge on any atom is -0.398 e. The molecule has 5 rings (SSSR count). The van der Waals surface area contributed by atoms with E-state index in [4.69, 9.17) is 11.5 Å². The highest BCUT2D eigenvalue weighted by atomic mass is 33.1. The van der Waals surface area contributed by atoms with Gasteiger partial charge in [0.2, 0.25) is 0 Å². The molecule has 4 aromatic carbocycles. The van der Waals surface area contributed by atoms with E-state index in [9.17, 15) is 0 Å². The second kappa shape index (κ2) is 5.10. The lowest BCUT2D eigenvalue weighted by Crippen LogP contribution is -1.97. The zero-order valence-corrected chi connectivity index (χ0v) is 14.4. The van der Waals surface area contributed by atoms with Gasteiger partial charge in [-0.2, -0.15) is 0 Å². The van der Waals surface area contributed by atoms with E-state index in [0.717, 1.165) is 32.9 Å².